The standard InChI is InChI=1S/C19H18N4O3S/c1-12(18(25)26)27-19-22-21-16(23(19)2)13-8-10-15(11-9-13)20-17(24)14-6-4-3-5-7-14/h3-12H,1-2H3,(H,20,24)(H,25,26). The van der Waals surface area contributed by atoms with Crippen LogP contribution in [0.15, 0.2) is 59.8 Å². The molecule has 0 saturated heterocycles. The Labute approximate surface area is 160 Å². The van der Waals surface area contributed by atoms with Gasteiger partial charge in [-0.25, -0.2) is 0 Å². The van der Waals surface area contributed by atoms with Crippen LogP contribution in [0.3, 0.4) is 0 Å². The van der Waals surface area contributed by atoms with Crippen molar-refractivity contribution in [1.29, 1.82) is 0 Å². The number of aromatic nitrogens is 3. The van der Waals surface area contributed by atoms with E-state index >= 15 is 0 Å². The number of thioether (sulfide) groups is 1. The summed E-state index contributed by atoms with van der Waals surface area (Å²) in [5.74, 6) is -0.456. The van der Waals surface area contributed by atoms with Gasteiger partial charge >= 0.3 is 5.97 Å². The lowest BCUT2D eigenvalue weighted by Gasteiger charge is -2.08. The molecule has 0 fully saturated rings. The molecule has 27 heavy (non-hydrogen) atoms. The molecule has 2 aromatic carbocycles. The highest BCUT2D eigenvalue weighted by atomic mass is 32.2. The molecule has 7 nitrogen and oxygen atoms in total. The van der Waals surface area contributed by atoms with E-state index in [1.165, 1.54) is 0 Å². The van der Waals surface area contributed by atoms with Gasteiger partial charge in [-0.1, -0.05) is 30.0 Å². The molecule has 0 saturated carbocycles. The maximum absolute atomic E-state index is 12.2. The van der Waals surface area contributed by atoms with Crippen molar-refractivity contribution in [3.63, 3.8) is 0 Å². The van der Waals surface area contributed by atoms with E-state index in [1.54, 1.807) is 42.8 Å². The third-order valence-electron chi connectivity index (χ3n) is 3.90. The summed E-state index contributed by atoms with van der Waals surface area (Å²) in [5.41, 5.74) is 2.07. The number of carbonyl (C=O) groups excluding carboxylic acids is 1. The number of carboxylic acids is 1. The van der Waals surface area contributed by atoms with Crippen LogP contribution >= 0.6 is 11.8 Å². The third kappa shape index (κ3) is 4.35. The summed E-state index contributed by atoms with van der Waals surface area (Å²) in [7, 11) is 1.79. The Kier molecular flexibility index (Phi) is 5.56. The second-order valence-corrected chi connectivity index (χ2v) is 7.17. The van der Waals surface area contributed by atoms with Crippen LogP contribution in [-0.2, 0) is 11.8 Å². The lowest BCUT2D eigenvalue weighted by Crippen LogP contribution is -2.12. The van der Waals surface area contributed by atoms with Crippen LogP contribution in [0.2, 0.25) is 0 Å². The Morgan fingerprint density at radius 3 is 2.37 bits per heavy atom. The second-order valence-electron chi connectivity index (χ2n) is 5.86. The molecule has 0 aliphatic rings. The minimum Gasteiger partial charge on any atom is -0.480 e. The maximum atomic E-state index is 12.2. The SMILES string of the molecule is CC(Sc1nnc(-c2ccc(NC(=O)c3ccccc3)cc2)n1C)C(=O)O. The Morgan fingerprint density at radius 1 is 1.07 bits per heavy atom. The number of benzene rings is 2. The van der Waals surface area contributed by atoms with E-state index in [0.717, 1.165) is 17.3 Å². The molecule has 0 spiro atoms. The molecule has 1 atom stereocenters. The number of hydrogen-bond donors (Lipinski definition) is 2. The molecule has 2 N–H and O–H groups in total. The zero-order valence-electron chi connectivity index (χ0n) is 14.8. The van der Waals surface area contributed by atoms with E-state index in [1.807, 2.05) is 30.3 Å². The van der Waals surface area contributed by atoms with Crippen molar-refractivity contribution in [2.45, 2.75) is 17.3 Å². The smallest absolute Gasteiger partial charge is 0.316 e. The van der Waals surface area contributed by atoms with Crippen LogP contribution in [0, 0.1) is 0 Å². The van der Waals surface area contributed by atoms with E-state index in [0.29, 0.717) is 22.2 Å². The lowest BCUT2D eigenvalue weighted by atomic mass is 10.1. The second kappa shape index (κ2) is 8.05. The van der Waals surface area contributed by atoms with Crippen LogP contribution in [-0.4, -0.2) is 37.0 Å². The monoisotopic (exact) mass is 382 g/mol. The van der Waals surface area contributed by atoms with Crippen LogP contribution < -0.4 is 5.32 Å². The summed E-state index contributed by atoms with van der Waals surface area (Å²) < 4.78 is 1.75. The van der Waals surface area contributed by atoms with Crippen LogP contribution in [0.4, 0.5) is 5.69 Å². The summed E-state index contributed by atoms with van der Waals surface area (Å²) in [6.07, 6.45) is 0. The number of carboxylic acid groups (broad SMARTS) is 1. The van der Waals surface area contributed by atoms with Gasteiger partial charge in [-0.3, -0.25) is 9.59 Å². The lowest BCUT2D eigenvalue weighted by molar-refractivity contribution is -0.136. The predicted octanol–water partition coefficient (Wildman–Crippen LogP) is 3.30. The Bertz CT molecular complexity index is 955. The third-order valence-corrected chi connectivity index (χ3v) is 5.02. The van der Waals surface area contributed by atoms with Crippen molar-refractivity contribution in [1.82, 2.24) is 14.8 Å². The van der Waals surface area contributed by atoms with Crippen molar-refractivity contribution in [3.05, 3.63) is 60.2 Å². The van der Waals surface area contributed by atoms with Crippen molar-refractivity contribution >= 4 is 29.3 Å². The van der Waals surface area contributed by atoms with Gasteiger partial charge in [0.15, 0.2) is 11.0 Å². The molecule has 3 aromatic rings. The topological polar surface area (TPSA) is 97.1 Å². The van der Waals surface area contributed by atoms with Gasteiger partial charge in [-0.15, -0.1) is 10.2 Å². The first-order valence-corrected chi connectivity index (χ1v) is 9.09. The molecule has 0 bridgehead atoms. The van der Waals surface area contributed by atoms with Gasteiger partial charge in [-0.2, -0.15) is 0 Å². The Morgan fingerprint density at radius 2 is 1.74 bits per heavy atom. The fourth-order valence-electron chi connectivity index (χ4n) is 2.37. The molecule has 1 unspecified atom stereocenters. The Hall–Kier alpha value is -3.13. The summed E-state index contributed by atoms with van der Waals surface area (Å²) in [4.78, 5) is 23.2. The van der Waals surface area contributed by atoms with E-state index in [2.05, 4.69) is 15.5 Å². The number of aliphatic carboxylic acids is 1. The molecule has 8 heteroatoms. The zero-order valence-corrected chi connectivity index (χ0v) is 15.6. The van der Waals surface area contributed by atoms with E-state index < -0.39 is 11.2 Å². The molecule has 1 amide bonds. The van der Waals surface area contributed by atoms with Crippen LogP contribution in [0.1, 0.15) is 17.3 Å². The van der Waals surface area contributed by atoms with Crippen molar-refractivity contribution in [2.75, 3.05) is 5.32 Å². The van der Waals surface area contributed by atoms with Gasteiger partial charge in [-0.05, 0) is 43.3 Å². The molecule has 1 aromatic heterocycles. The zero-order chi connectivity index (χ0) is 19.4. The molecule has 0 aliphatic heterocycles. The highest BCUT2D eigenvalue weighted by molar-refractivity contribution is 8.00. The molecular formula is C19H18N4O3S. The Balaban J connectivity index is 1.73. The summed E-state index contributed by atoms with van der Waals surface area (Å²) >= 11 is 1.14. The van der Waals surface area contributed by atoms with Crippen molar-refractivity contribution in [3.8, 4) is 11.4 Å². The highest BCUT2D eigenvalue weighted by Crippen LogP contribution is 2.26. The van der Waals surface area contributed by atoms with E-state index in [-0.39, 0.29) is 5.91 Å². The fourth-order valence-corrected chi connectivity index (χ4v) is 3.12. The van der Waals surface area contributed by atoms with Crippen molar-refractivity contribution < 1.29 is 14.7 Å². The first-order valence-electron chi connectivity index (χ1n) is 8.21. The van der Waals surface area contributed by atoms with Gasteiger partial charge in [0.2, 0.25) is 0 Å². The van der Waals surface area contributed by atoms with Gasteiger partial charge in [0, 0.05) is 23.9 Å². The molecule has 138 valence electrons. The summed E-state index contributed by atoms with van der Waals surface area (Å²) in [6.45, 7) is 1.60. The largest absolute Gasteiger partial charge is 0.480 e. The number of nitrogens with zero attached hydrogens (tertiary/aromatic N) is 3. The van der Waals surface area contributed by atoms with Crippen LogP contribution in [0.25, 0.3) is 11.4 Å². The van der Waals surface area contributed by atoms with Gasteiger partial charge in [0.25, 0.3) is 5.91 Å². The number of anilines is 1. The fraction of sp³-hybridized carbons (Fsp3) is 0.158. The quantitative estimate of drug-likeness (QED) is 0.635. The average molecular weight is 382 g/mol. The molecule has 3 rings (SSSR count). The number of rotatable bonds is 6. The van der Waals surface area contributed by atoms with Gasteiger partial charge in [0.05, 0.1) is 0 Å². The molecule has 0 aliphatic carbocycles. The molecular weight excluding hydrogens is 364 g/mol. The van der Waals surface area contributed by atoms with Gasteiger partial charge < -0.3 is 15.0 Å². The van der Waals surface area contributed by atoms with Crippen molar-refractivity contribution in [2.24, 2.45) is 7.05 Å². The molecule has 0 radical (unpaired) electrons. The molecule has 1 heterocycles. The maximum Gasteiger partial charge on any atom is 0.316 e. The van der Waals surface area contributed by atoms with E-state index in [4.69, 9.17) is 5.11 Å². The minimum absolute atomic E-state index is 0.177. The van der Waals surface area contributed by atoms with E-state index in [9.17, 15) is 9.59 Å². The first-order chi connectivity index (χ1) is 13.0. The number of nitrogens with one attached hydrogen (secondary N) is 1. The summed E-state index contributed by atoms with van der Waals surface area (Å²) in [6, 6.07) is 16.2. The number of amides is 1. The highest BCUT2D eigenvalue weighted by Gasteiger charge is 2.18. The van der Waals surface area contributed by atoms with Gasteiger partial charge in [0.1, 0.15) is 5.25 Å². The van der Waals surface area contributed by atoms with Crippen LogP contribution in [0.5, 0.6) is 0 Å². The predicted molar refractivity (Wildman–Crippen MR) is 104 cm³/mol. The number of carbonyl (C=O) groups is 2. The minimum atomic E-state index is -0.900. The first kappa shape index (κ1) is 18.7. The average Bonchev–Trinajstić information content (AvgIpc) is 3.03. The normalized spacial score (nSPS) is 11.8. The summed E-state index contributed by atoms with van der Waals surface area (Å²) in [5, 5.41) is 20.0. The number of hydrogen-bond acceptors (Lipinski definition) is 5.